The first-order valence-corrected chi connectivity index (χ1v) is 6.21. The summed E-state index contributed by atoms with van der Waals surface area (Å²) in [4.78, 5) is 0. The molecule has 2 rings (SSSR count). The summed E-state index contributed by atoms with van der Waals surface area (Å²) in [5, 5.41) is 3.32. The van der Waals surface area contributed by atoms with E-state index in [0.717, 1.165) is 35.8 Å². The second-order valence-electron chi connectivity index (χ2n) is 3.96. The van der Waals surface area contributed by atoms with Crippen LogP contribution >= 0.6 is 15.9 Å². The second kappa shape index (κ2) is 5.52. The third kappa shape index (κ3) is 4.22. The average Bonchev–Trinajstić information content (AvgIpc) is 3.01. The lowest BCUT2D eigenvalue weighted by Gasteiger charge is -2.07. The van der Waals surface area contributed by atoms with Gasteiger partial charge in [-0.3, -0.25) is 0 Å². The summed E-state index contributed by atoms with van der Waals surface area (Å²) in [5.41, 5.74) is 1.14. The smallest absolute Gasteiger partial charge is 0.0639 e. The number of rotatable bonds is 6. The molecular formula is C12H16BrNO. The van der Waals surface area contributed by atoms with Gasteiger partial charge in [0.05, 0.1) is 6.61 Å². The molecule has 0 unspecified atom stereocenters. The predicted molar refractivity (Wildman–Crippen MR) is 66.2 cm³/mol. The molecule has 1 N–H and O–H groups in total. The van der Waals surface area contributed by atoms with E-state index in [-0.39, 0.29) is 0 Å². The van der Waals surface area contributed by atoms with Crippen LogP contribution in [-0.4, -0.2) is 19.8 Å². The van der Waals surface area contributed by atoms with Crippen molar-refractivity contribution in [2.24, 2.45) is 5.92 Å². The largest absolute Gasteiger partial charge is 0.383 e. The Hall–Kier alpha value is -0.540. The molecule has 0 bridgehead atoms. The molecule has 1 aromatic rings. The van der Waals surface area contributed by atoms with Crippen molar-refractivity contribution < 1.29 is 4.74 Å². The maximum Gasteiger partial charge on any atom is 0.0639 e. The maximum atomic E-state index is 5.54. The molecule has 3 heteroatoms. The van der Waals surface area contributed by atoms with Gasteiger partial charge >= 0.3 is 0 Å². The summed E-state index contributed by atoms with van der Waals surface area (Å²) in [7, 11) is 0. The maximum absolute atomic E-state index is 5.54. The number of benzene rings is 1. The molecule has 1 saturated carbocycles. The topological polar surface area (TPSA) is 21.3 Å². The molecule has 0 saturated heterocycles. The fraction of sp³-hybridized carbons (Fsp3) is 0.500. The molecule has 1 fully saturated rings. The first-order valence-electron chi connectivity index (χ1n) is 5.42. The molecule has 1 aromatic carbocycles. The predicted octanol–water partition coefficient (Wildman–Crippen LogP) is 3.29. The Kier molecular flexibility index (Phi) is 4.03. The van der Waals surface area contributed by atoms with E-state index in [1.165, 1.54) is 12.8 Å². The van der Waals surface area contributed by atoms with Gasteiger partial charge in [-0.1, -0.05) is 22.0 Å². The Labute approximate surface area is 99.1 Å². The molecule has 15 heavy (non-hydrogen) atoms. The Bertz CT molecular complexity index is 312. The van der Waals surface area contributed by atoms with Crippen LogP contribution in [0.2, 0.25) is 0 Å². The molecule has 0 amide bonds. The highest BCUT2D eigenvalue weighted by atomic mass is 79.9. The summed E-state index contributed by atoms with van der Waals surface area (Å²) in [6, 6.07) is 8.18. The van der Waals surface area contributed by atoms with Gasteiger partial charge in [-0.05, 0) is 37.0 Å². The number of ether oxygens (including phenoxy) is 1. The lowest BCUT2D eigenvalue weighted by molar-refractivity contribution is 0.134. The lowest BCUT2D eigenvalue weighted by Crippen LogP contribution is -2.10. The van der Waals surface area contributed by atoms with Crippen molar-refractivity contribution in [3.8, 4) is 0 Å². The number of nitrogens with one attached hydrogen (secondary N) is 1. The molecule has 0 heterocycles. The number of hydrogen-bond acceptors (Lipinski definition) is 2. The number of hydrogen-bond donors (Lipinski definition) is 1. The van der Waals surface area contributed by atoms with E-state index in [0.29, 0.717) is 0 Å². The van der Waals surface area contributed by atoms with Gasteiger partial charge < -0.3 is 10.1 Å². The highest BCUT2D eigenvalue weighted by molar-refractivity contribution is 9.10. The summed E-state index contributed by atoms with van der Waals surface area (Å²) in [6.07, 6.45) is 2.72. The second-order valence-corrected chi connectivity index (χ2v) is 4.87. The molecule has 1 aliphatic carbocycles. The molecule has 2 nitrogen and oxygen atoms in total. The zero-order valence-corrected chi connectivity index (χ0v) is 10.3. The van der Waals surface area contributed by atoms with Crippen molar-refractivity contribution in [1.82, 2.24) is 0 Å². The number of halogens is 1. The minimum absolute atomic E-state index is 0.795. The minimum Gasteiger partial charge on any atom is -0.383 e. The third-order valence-electron chi connectivity index (χ3n) is 2.45. The van der Waals surface area contributed by atoms with Crippen LogP contribution < -0.4 is 5.32 Å². The fourth-order valence-electron chi connectivity index (χ4n) is 1.40. The Balaban J connectivity index is 1.60. The summed E-state index contributed by atoms with van der Waals surface area (Å²) in [5.74, 6) is 0.857. The van der Waals surface area contributed by atoms with Crippen molar-refractivity contribution >= 4 is 21.6 Å². The first-order chi connectivity index (χ1) is 7.34. The molecule has 1 aliphatic rings. The molecular weight excluding hydrogens is 254 g/mol. The summed E-state index contributed by atoms with van der Waals surface area (Å²) < 4.78 is 6.64. The molecule has 0 radical (unpaired) electrons. The van der Waals surface area contributed by atoms with Gasteiger partial charge in [0.15, 0.2) is 0 Å². The summed E-state index contributed by atoms with van der Waals surface area (Å²) >= 11 is 3.44. The van der Waals surface area contributed by atoms with E-state index in [4.69, 9.17) is 4.74 Å². The van der Waals surface area contributed by atoms with Crippen LogP contribution in [0.4, 0.5) is 5.69 Å². The molecule has 0 aliphatic heterocycles. The van der Waals surface area contributed by atoms with Gasteiger partial charge in [-0.25, -0.2) is 0 Å². The van der Waals surface area contributed by atoms with Gasteiger partial charge in [-0.2, -0.15) is 0 Å². The van der Waals surface area contributed by atoms with E-state index in [1.807, 2.05) is 12.1 Å². The van der Waals surface area contributed by atoms with Crippen molar-refractivity contribution in [2.75, 3.05) is 25.1 Å². The van der Waals surface area contributed by atoms with Crippen LogP contribution in [0.3, 0.4) is 0 Å². The van der Waals surface area contributed by atoms with Gasteiger partial charge in [0.2, 0.25) is 0 Å². The number of anilines is 1. The zero-order valence-electron chi connectivity index (χ0n) is 8.71. The average molecular weight is 270 g/mol. The highest BCUT2D eigenvalue weighted by Crippen LogP contribution is 2.28. The van der Waals surface area contributed by atoms with Gasteiger partial charge in [0, 0.05) is 23.3 Å². The molecule has 82 valence electrons. The van der Waals surface area contributed by atoms with Crippen LogP contribution in [0.1, 0.15) is 12.8 Å². The Morgan fingerprint density at radius 3 is 3.00 bits per heavy atom. The van der Waals surface area contributed by atoms with E-state index in [9.17, 15) is 0 Å². The van der Waals surface area contributed by atoms with Crippen LogP contribution in [0.15, 0.2) is 28.7 Å². The van der Waals surface area contributed by atoms with Gasteiger partial charge in [0.1, 0.15) is 0 Å². The van der Waals surface area contributed by atoms with E-state index in [1.54, 1.807) is 0 Å². The zero-order chi connectivity index (χ0) is 10.5. The molecule has 0 spiro atoms. The monoisotopic (exact) mass is 269 g/mol. The fourth-order valence-corrected chi connectivity index (χ4v) is 1.80. The highest BCUT2D eigenvalue weighted by Gasteiger charge is 2.20. The van der Waals surface area contributed by atoms with Crippen molar-refractivity contribution in [1.29, 1.82) is 0 Å². The lowest BCUT2D eigenvalue weighted by atomic mass is 10.3. The molecule has 0 aromatic heterocycles. The van der Waals surface area contributed by atoms with Crippen molar-refractivity contribution in [3.05, 3.63) is 28.7 Å². The van der Waals surface area contributed by atoms with Crippen LogP contribution in [0.5, 0.6) is 0 Å². The van der Waals surface area contributed by atoms with E-state index >= 15 is 0 Å². The van der Waals surface area contributed by atoms with Gasteiger partial charge in [-0.15, -0.1) is 0 Å². The standard InChI is InChI=1S/C12H16BrNO/c13-11-2-1-3-12(8-11)14-6-7-15-9-10-4-5-10/h1-3,8,10,14H,4-7,9H2. The summed E-state index contributed by atoms with van der Waals surface area (Å²) in [6.45, 7) is 2.62. The Morgan fingerprint density at radius 1 is 1.40 bits per heavy atom. The first kappa shape index (κ1) is 11.0. The van der Waals surface area contributed by atoms with Crippen LogP contribution in [0.25, 0.3) is 0 Å². The molecule has 0 atom stereocenters. The van der Waals surface area contributed by atoms with Gasteiger partial charge in [0.25, 0.3) is 0 Å². The van der Waals surface area contributed by atoms with E-state index in [2.05, 4.69) is 33.4 Å². The SMILES string of the molecule is Brc1cccc(NCCOCC2CC2)c1. The van der Waals surface area contributed by atoms with E-state index < -0.39 is 0 Å². The van der Waals surface area contributed by atoms with Crippen LogP contribution in [-0.2, 0) is 4.74 Å². The van der Waals surface area contributed by atoms with Crippen LogP contribution in [0, 0.1) is 5.92 Å². The normalized spacial score (nSPS) is 15.3. The third-order valence-corrected chi connectivity index (χ3v) is 2.94. The van der Waals surface area contributed by atoms with Crippen molar-refractivity contribution in [3.63, 3.8) is 0 Å². The minimum atomic E-state index is 0.795. The Morgan fingerprint density at radius 2 is 2.27 bits per heavy atom. The quantitative estimate of drug-likeness (QED) is 0.801. The van der Waals surface area contributed by atoms with Crippen molar-refractivity contribution in [2.45, 2.75) is 12.8 Å².